The zero-order valence-corrected chi connectivity index (χ0v) is 10.2. The fourth-order valence-corrected chi connectivity index (χ4v) is 2.05. The van der Waals surface area contributed by atoms with Gasteiger partial charge in [0.15, 0.2) is 0 Å². The van der Waals surface area contributed by atoms with E-state index in [1.165, 1.54) is 12.8 Å². The van der Waals surface area contributed by atoms with Crippen LogP contribution in [0.5, 0.6) is 0 Å². The molecule has 0 saturated carbocycles. The van der Waals surface area contributed by atoms with Gasteiger partial charge in [0.2, 0.25) is 0 Å². The summed E-state index contributed by atoms with van der Waals surface area (Å²) in [4.78, 5) is 11.4. The van der Waals surface area contributed by atoms with E-state index >= 15 is 0 Å². The third kappa shape index (κ3) is 2.43. The summed E-state index contributed by atoms with van der Waals surface area (Å²) in [7, 11) is 1.91. The molecule has 4 nitrogen and oxygen atoms in total. The Balaban J connectivity index is 2.24. The number of aryl methyl sites for hydroxylation is 1. The lowest BCUT2D eigenvalue weighted by Gasteiger charge is -2.17. The third-order valence-corrected chi connectivity index (χ3v) is 2.92. The molecule has 0 radical (unpaired) electrons. The minimum absolute atomic E-state index is 0.931. The summed E-state index contributed by atoms with van der Waals surface area (Å²) in [5, 5.41) is 3.11. The fourth-order valence-electron chi connectivity index (χ4n) is 2.05. The van der Waals surface area contributed by atoms with Crippen molar-refractivity contribution in [3.05, 3.63) is 11.9 Å². The molecule has 1 fully saturated rings. The summed E-state index contributed by atoms with van der Waals surface area (Å²) >= 11 is 0. The van der Waals surface area contributed by atoms with Gasteiger partial charge in [-0.3, -0.25) is 0 Å². The molecule has 88 valence electrons. The maximum atomic E-state index is 4.63. The van der Waals surface area contributed by atoms with Crippen LogP contribution in [-0.4, -0.2) is 30.1 Å². The van der Waals surface area contributed by atoms with E-state index in [2.05, 4.69) is 27.1 Å². The number of anilines is 2. The summed E-state index contributed by atoms with van der Waals surface area (Å²) in [6, 6.07) is 2.05. The highest BCUT2D eigenvalue weighted by Crippen LogP contribution is 2.20. The van der Waals surface area contributed by atoms with Crippen molar-refractivity contribution in [3.63, 3.8) is 0 Å². The molecule has 1 aromatic heterocycles. The Morgan fingerprint density at radius 3 is 2.69 bits per heavy atom. The quantitative estimate of drug-likeness (QED) is 0.843. The number of nitrogens with zero attached hydrogens (tertiary/aromatic N) is 3. The maximum absolute atomic E-state index is 4.63. The molecule has 1 aliphatic rings. The summed E-state index contributed by atoms with van der Waals surface area (Å²) in [5.74, 6) is 2.97. The van der Waals surface area contributed by atoms with Gasteiger partial charge in [-0.25, -0.2) is 9.97 Å². The summed E-state index contributed by atoms with van der Waals surface area (Å²) in [6.07, 6.45) is 4.60. The van der Waals surface area contributed by atoms with Crippen molar-refractivity contribution in [2.24, 2.45) is 0 Å². The molecule has 1 aliphatic heterocycles. The van der Waals surface area contributed by atoms with Crippen molar-refractivity contribution in [1.82, 2.24) is 9.97 Å². The second-order valence-corrected chi connectivity index (χ2v) is 4.22. The highest BCUT2D eigenvalue weighted by molar-refractivity contribution is 5.49. The highest BCUT2D eigenvalue weighted by atomic mass is 15.2. The van der Waals surface area contributed by atoms with Crippen LogP contribution in [0.15, 0.2) is 6.07 Å². The van der Waals surface area contributed by atoms with Gasteiger partial charge in [0.05, 0.1) is 0 Å². The Hall–Kier alpha value is -1.32. The van der Waals surface area contributed by atoms with Crippen LogP contribution in [0.1, 0.15) is 32.0 Å². The standard InChI is InChI=1S/C12H20N4/c1-3-6-10-14-11(13-2)9-12(15-10)16-7-4-5-8-16/h9H,3-8H2,1-2H3,(H,13,14,15). The van der Waals surface area contributed by atoms with E-state index in [9.17, 15) is 0 Å². The first-order valence-corrected chi connectivity index (χ1v) is 6.14. The van der Waals surface area contributed by atoms with E-state index < -0.39 is 0 Å². The molecule has 16 heavy (non-hydrogen) atoms. The lowest BCUT2D eigenvalue weighted by atomic mass is 10.3. The van der Waals surface area contributed by atoms with E-state index in [1.54, 1.807) is 0 Å². The SMILES string of the molecule is CCCc1nc(NC)cc(N2CCCC2)n1. The van der Waals surface area contributed by atoms with Gasteiger partial charge in [-0.1, -0.05) is 6.92 Å². The lowest BCUT2D eigenvalue weighted by molar-refractivity contribution is 0.819. The number of rotatable bonds is 4. The molecule has 1 aromatic rings. The van der Waals surface area contributed by atoms with Gasteiger partial charge in [-0.15, -0.1) is 0 Å². The van der Waals surface area contributed by atoms with Crippen LogP contribution in [0.3, 0.4) is 0 Å². The molecule has 0 aliphatic carbocycles. The smallest absolute Gasteiger partial charge is 0.134 e. The fraction of sp³-hybridized carbons (Fsp3) is 0.667. The Bertz CT molecular complexity index is 345. The zero-order valence-electron chi connectivity index (χ0n) is 10.2. The highest BCUT2D eigenvalue weighted by Gasteiger charge is 2.15. The first-order chi connectivity index (χ1) is 7.83. The second-order valence-electron chi connectivity index (χ2n) is 4.22. The van der Waals surface area contributed by atoms with Crippen LogP contribution >= 0.6 is 0 Å². The minimum Gasteiger partial charge on any atom is -0.373 e. The van der Waals surface area contributed by atoms with Gasteiger partial charge >= 0.3 is 0 Å². The Morgan fingerprint density at radius 2 is 2.06 bits per heavy atom. The van der Waals surface area contributed by atoms with Gasteiger partial charge < -0.3 is 10.2 Å². The summed E-state index contributed by atoms with van der Waals surface area (Å²) in [6.45, 7) is 4.42. The Kier molecular flexibility index (Phi) is 3.59. The Labute approximate surface area is 97.1 Å². The molecule has 0 aromatic carbocycles. The van der Waals surface area contributed by atoms with Gasteiger partial charge in [0.25, 0.3) is 0 Å². The largest absolute Gasteiger partial charge is 0.373 e. The van der Waals surface area contributed by atoms with Crippen LogP contribution in [0.4, 0.5) is 11.6 Å². The molecule has 1 saturated heterocycles. The molecule has 0 atom stereocenters. The average Bonchev–Trinajstić information content (AvgIpc) is 2.82. The first-order valence-electron chi connectivity index (χ1n) is 6.14. The van der Waals surface area contributed by atoms with Crippen LogP contribution in [0.25, 0.3) is 0 Å². The van der Waals surface area contributed by atoms with Crippen LogP contribution in [-0.2, 0) is 6.42 Å². The van der Waals surface area contributed by atoms with E-state index in [0.717, 1.165) is 43.4 Å². The number of hydrogen-bond donors (Lipinski definition) is 1. The monoisotopic (exact) mass is 220 g/mol. The van der Waals surface area contributed by atoms with E-state index in [4.69, 9.17) is 0 Å². The van der Waals surface area contributed by atoms with Gasteiger partial charge in [0, 0.05) is 32.6 Å². The van der Waals surface area contributed by atoms with E-state index in [-0.39, 0.29) is 0 Å². The number of hydrogen-bond acceptors (Lipinski definition) is 4. The van der Waals surface area contributed by atoms with Crippen molar-refractivity contribution in [1.29, 1.82) is 0 Å². The van der Waals surface area contributed by atoms with Gasteiger partial charge in [-0.05, 0) is 19.3 Å². The zero-order chi connectivity index (χ0) is 11.4. The van der Waals surface area contributed by atoms with Crippen LogP contribution in [0, 0.1) is 0 Å². The lowest BCUT2D eigenvalue weighted by Crippen LogP contribution is -2.20. The minimum atomic E-state index is 0.931. The van der Waals surface area contributed by atoms with E-state index in [1.807, 2.05) is 13.1 Å². The van der Waals surface area contributed by atoms with Gasteiger partial charge in [-0.2, -0.15) is 0 Å². The molecule has 2 rings (SSSR count). The van der Waals surface area contributed by atoms with Crippen LogP contribution in [0.2, 0.25) is 0 Å². The second kappa shape index (κ2) is 5.14. The van der Waals surface area contributed by atoms with Crippen molar-refractivity contribution < 1.29 is 0 Å². The predicted molar refractivity (Wildman–Crippen MR) is 67.0 cm³/mol. The average molecular weight is 220 g/mol. The molecule has 0 spiro atoms. The molecule has 1 N–H and O–H groups in total. The molecule has 0 unspecified atom stereocenters. The molecule has 2 heterocycles. The number of nitrogens with one attached hydrogen (secondary N) is 1. The van der Waals surface area contributed by atoms with Crippen molar-refractivity contribution in [2.75, 3.05) is 30.4 Å². The molecular formula is C12H20N4. The molecule has 4 heteroatoms. The normalized spacial score (nSPS) is 15.5. The van der Waals surface area contributed by atoms with Crippen molar-refractivity contribution in [3.8, 4) is 0 Å². The van der Waals surface area contributed by atoms with Crippen LogP contribution < -0.4 is 10.2 Å². The predicted octanol–water partition coefficient (Wildman–Crippen LogP) is 2.07. The topological polar surface area (TPSA) is 41.1 Å². The third-order valence-electron chi connectivity index (χ3n) is 2.92. The Morgan fingerprint density at radius 1 is 1.31 bits per heavy atom. The van der Waals surface area contributed by atoms with Gasteiger partial charge in [0.1, 0.15) is 17.5 Å². The maximum Gasteiger partial charge on any atom is 0.134 e. The first kappa shape index (κ1) is 11.2. The molecular weight excluding hydrogens is 200 g/mol. The summed E-state index contributed by atoms with van der Waals surface area (Å²) < 4.78 is 0. The summed E-state index contributed by atoms with van der Waals surface area (Å²) in [5.41, 5.74) is 0. The van der Waals surface area contributed by atoms with Crippen molar-refractivity contribution in [2.45, 2.75) is 32.6 Å². The van der Waals surface area contributed by atoms with E-state index in [0.29, 0.717) is 0 Å². The molecule has 0 bridgehead atoms. The van der Waals surface area contributed by atoms with Crippen molar-refractivity contribution >= 4 is 11.6 Å². The molecule has 0 amide bonds. The number of aromatic nitrogens is 2.